The fraction of sp³-hybridized carbons (Fsp3) is 0.600. The van der Waals surface area contributed by atoms with Gasteiger partial charge in [-0.25, -0.2) is 9.78 Å². The highest BCUT2D eigenvalue weighted by molar-refractivity contribution is 5.69. The monoisotopic (exact) mass is 322 g/mol. The van der Waals surface area contributed by atoms with Crippen molar-refractivity contribution in [1.82, 2.24) is 9.88 Å². The highest BCUT2D eigenvalue weighted by atomic mass is 16.6. The molecule has 0 radical (unpaired) electrons. The number of nitro groups is 1. The van der Waals surface area contributed by atoms with E-state index in [1.54, 1.807) is 11.0 Å². The predicted molar refractivity (Wildman–Crippen MR) is 85.5 cm³/mol. The molecule has 2 rings (SSSR count). The molecule has 1 amide bonds. The largest absolute Gasteiger partial charge is 0.444 e. The summed E-state index contributed by atoms with van der Waals surface area (Å²) < 4.78 is 5.40. The molecule has 0 N–H and O–H groups in total. The van der Waals surface area contributed by atoms with Crippen LogP contribution in [0, 0.1) is 10.1 Å². The molecule has 0 bridgehead atoms. The van der Waals surface area contributed by atoms with E-state index >= 15 is 0 Å². The molecular weight excluding hydrogens is 300 g/mol. The zero-order valence-corrected chi connectivity index (χ0v) is 13.9. The summed E-state index contributed by atoms with van der Waals surface area (Å²) in [5, 5.41) is 11.1. The van der Waals surface area contributed by atoms with Crippen LogP contribution in [0.25, 0.3) is 0 Å². The first kappa shape index (κ1) is 17.0. The molecule has 0 spiro atoms. The number of ether oxygens (including phenoxy) is 1. The Morgan fingerprint density at radius 1 is 1.43 bits per heavy atom. The first-order valence-corrected chi connectivity index (χ1v) is 7.53. The number of nitrogens with zero attached hydrogens (tertiary/aromatic N) is 4. The lowest BCUT2D eigenvalue weighted by atomic mass is 10.2. The van der Waals surface area contributed by atoms with Gasteiger partial charge in [-0.1, -0.05) is 0 Å². The van der Waals surface area contributed by atoms with Crippen molar-refractivity contribution in [1.29, 1.82) is 0 Å². The van der Waals surface area contributed by atoms with E-state index in [2.05, 4.69) is 4.98 Å². The Hall–Kier alpha value is -2.38. The molecule has 23 heavy (non-hydrogen) atoms. The van der Waals surface area contributed by atoms with Crippen LogP contribution >= 0.6 is 0 Å². The number of aromatic nitrogens is 1. The van der Waals surface area contributed by atoms with Gasteiger partial charge in [0.05, 0.1) is 4.92 Å². The predicted octanol–water partition coefficient (Wildman–Crippen LogP) is 2.44. The van der Waals surface area contributed by atoms with Crippen molar-refractivity contribution in [3.8, 4) is 0 Å². The fourth-order valence-electron chi connectivity index (χ4n) is 2.52. The zero-order chi connectivity index (χ0) is 17.2. The number of amides is 1. The van der Waals surface area contributed by atoms with Crippen molar-refractivity contribution >= 4 is 17.6 Å². The van der Waals surface area contributed by atoms with Gasteiger partial charge in [-0.3, -0.25) is 10.1 Å². The molecule has 1 unspecified atom stereocenters. The van der Waals surface area contributed by atoms with E-state index in [0.717, 1.165) is 0 Å². The van der Waals surface area contributed by atoms with E-state index in [9.17, 15) is 14.9 Å². The highest BCUT2D eigenvalue weighted by Gasteiger charge is 2.33. The average molecular weight is 322 g/mol. The van der Waals surface area contributed by atoms with Gasteiger partial charge in [-0.2, -0.15) is 0 Å². The Morgan fingerprint density at radius 2 is 2.13 bits per heavy atom. The third kappa shape index (κ3) is 4.08. The molecule has 8 heteroatoms. The van der Waals surface area contributed by atoms with Crippen molar-refractivity contribution in [3.63, 3.8) is 0 Å². The van der Waals surface area contributed by atoms with Gasteiger partial charge in [-0.15, -0.1) is 0 Å². The van der Waals surface area contributed by atoms with Crippen molar-refractivity contribution in [2.75, 3.05) is 24.5 Å². The summed E-state index contributed by atoms with van der Waals surface area (Å²) >= 11 is 0. The summed E-state index contributed by atoms with van der Waals surface area (Å²) in [6.45, 7) is 8.74. The molecule has 0 saturated carbocycles. The molecule has 8 nitrogen and oxygen atoms in total. The van der Waals surface area contributed by atoms with Crippen molar-refractivity contribution in [2.45, 2.75) is 39.3 Å². The lowest BCUT2D eigenvalue weighted by Crippen LogP contribution is -2.55. The number of carbonyl (C=O) groups excluding carboxylic acids is 1. The van der Waals surface area contributed by atoms with Gasteiger partial charge in [-0.05, 0) is 33.8 Å². The highest BCUT2D eigenvalue weighted by Crippen LogP contribution is 2.27. The molecule has 126 valence electrons. The number of hydrogen-bond acceptors (Lipinski definition) is 6. The maximum absolute atomic E-state index is 12.2. The van der Waals surface area contributed by atoms with E-state index in [1.807, 2.05) is 32.6 Å². The second-order valence-corrected chi connectivity index (χ2v) is 6.57. The standard InChI is InChI=1S/C15H22N4O4/c1-11-10-17(13-12(19(21)22)6-5-7-16-13)8-9-18(11)14(20)23-15(2,3)4/h5-7,11H,8-10H2,1-4H3. The van der Waals surface area contributed by atoms with E-state index in [0.29, 0.717) is 25.5 Å². The number of pyridine rings is 1. The molecule has 2 heterocycles. The number of hydrogen-bond donors (Lipinski definition) is 0. The summed E-state index contributed by atoms with van der Waals surface area (Å²) in [6.07, 6.45) is 1.17. The topological polar surface area (TPSA) is 88.8 Å². The van der Waals surface area contributed by atoms with Crippen LogP contribution in [-0.4, -0.2) is 52.2 Å². The normalized spacial score (nSPS) is 18.7. The van der Waals surface area contributed by atoms with E-state index in [4.69, 9.17) is 4.74 Å². The SMILES string of the molecule is CC1CN(c2ncccc2[N+](=O)[O-])CCN1C(=O)OC(C)(C)C. The van der Waals surface area contributed by atoms with E-state index in [-0.39, 0.29) is 17.8 Å². The molecule has 1 aliphatic heterocycles. The molecule has 1 aromatic rings. The van der Waals surface area contributed by atoms with Crippen LogP contribution < -0.4 is 4.90 Å². The van der Waals surface area contributed by atoms with Gasteiger partial charge in [0.25, 0.3) is 0 Å². The lowest BCUT2D eigenvalue weighted by molar-refractivity contribution is -0.384. The maximum Gasteiger partial charge on any atom is 0.410 e. The first-order valence-electron chi connectivity index (χ1n) is 7.53. The van der Waals surface area contributed by atoms with Crippen LogP contribution in [0.15, 0.2) is 18.3 Å². The van der Waals surface area contributed by atoms with Crippen LogP contribution in [0.2, 0.25) is 0 Å². The third-order valence-electron chi connectivity index (χ3n) is 3.52. The second kappa shape index (κ2) is 6.39. The van der Waals surface area contributed by atoms with Crippen LogP contribution in [0.3, 0.4) is 0 Å². The minimum absolute atomic E-state index is 0.0228. The van der Waals surface area contributed by atoms with Crippen molar-refractivity contribution in [3.05, 3.63) is 28.4 Å². The summed E-state index contributed by atoms with van der Waals surface area (Å²) in [5.41, 5.74) is -0.571. The van der Waals surface area contributed by atoms with Gasteiger partial charge in [0.15, 0.2) is 0 Å². The van der Waals surface area contributed by atoms with Gasteiger partial charge in [0.2, 0.25) is 5.82 Å². The van der Waals surface area contributed by atoms with E-state index in [1.165, 1.54) is 12.3 Å². The Balaban J connectivity index is 2.10. The Bertz CT molecular complexity index is 599. The summed E-state index contributed by atoms with van der Waals surface area (Å²) in [7, 11) is 0. The molecule has 1 fully saturated rings. The van der Waals surface area contributed by atoms with Gasteiger partial charge < -0.3 is 14.5 Å². The molecule has 1 saturated heterocycles. The zero-order valence-electron chi connectivity index (χ0n) is 13.9. The van der Waals surface area contributed by atoms with Crippen LogP contribution in [0.1, 0.15) is 27.7 Å². The van der Waals surface area contributed by atoms with Gasteiger partial charge >= 0.3 is 11.8 Å². The number of rotatable bonds is 2. The number of anilines is 1. The molecular formula is C15H22N4O4. The minimum Gasteiger partial charge on any atom is -0.444 e. The summed E-state index contributed by atoms with van der Waals surface area (Å²) in [5.74, 6) is 0.341. The van der Waals surface area contributed by atoms with E-state index < -0.39 is 10.5 Å². The van der Waals surface area contributed by atoms with Gasteiger partial charge in [0, 0.05) is 37.9 Å². The molecule has 1 aromatic heterocycles. The average Bonchev–Trinajstić information content (AvgIpc) is 2.45. The Labute approximate surface area is 135 Å². The summed E-state index contributed by atoms with van der Waals surface area (Å²) in [6, 6.07) is 2.86. The van der Waals surface area contributed by atoms with Crippen molar-refractivity contribution in [2.24, 2.45) is 0 Å². The van der Waals surface area contributed by atoms with Crippen LogP contribution in [-0.2, 0) is 4.74 Å². The number of carbonyl (C=O) groups is 1. The smallest absolute Gasteiger partial charge is 0.410 e. The van der Waals surface area contributed by atoms with Crippen molar-refractivity contribution < 1.29 is 14.5 Å². The summed E-state index contributed by atoms with van der Waals surface area (Å²) in [4.78, 5) is 30.5. The second-order valence-electron chi connectivity index (χ2n) is 6.57. The minimum atomic E-state index is -0.548. The molecule has 1 aliphatic rings. The Morgan fingerprint density at radius 3 is 2.70 bits per heavy atom. The van der Waals surface area contributed by atoms with Crippen LogP contribution in [0.5, 0.6) is 0 Å². The third-order valence-corrected chi connectivity index (χ3v) is 3.52. The molecule has 0 aromatic carbocycles. The maximum atomic E-state index is 12.2. The Kier molecular flexibility index (Phi) is 4.72. The number of piperazine rings is 1. The quantitative estimate of drug-likeness (QED) is 0.614. The lowest BCUT2D eigenvalue weighted by Gasteiger charge is -2.40. The van der Waals surface area contributed by atoms with Gasteiger partial charge in [0.1, 0.15) is 5.60 Å². The fourth-order valence-corrected chi connectivity index (χ4v) is 2.52. The molecule has 0 aliphatic carbocycles. The van der Waals surface area contributed by atoms with Crippen LogP contribution in [0.4, 0.5) is 16.3 Å². The molecule has 1 atom stereocenters. The first-order chi connectivity index (χ1) is 10.7.